The number of nitrogens with zero attached hydrogens (tertiary/aromatic N) is 2. The Labute approximate surface area is 107 Å². The number of aromatic nitrogens is 1. The second kappa shape index (κ2) is 6.19. The molecular weight excluding hydrogens is 238 g/mol. The number of morpholine rings is 1. The summed E-state index contributed by atoms with van der Waals surface area (Å²) in [5.41, 5.74) is 0. The fourth-order valence-electron chi connectivity index (χ4n) is 1.93. The average molecular weight is 256 g/mol. The minimum absolute atomic E-state index is 0.363. The molecule has 17 heavy (non-hydrogen) atoms. The highest BCUT2D eigenvalue weighted by Gasteiger charge is 2.13. The molecule has 5 heteroatoms. The number of rotatable bonds is 4. The van der Waals surface area contributed by atoms with Gasteiger partial charge in [-0.15, -0.1) is 0 Å². The van der Waals surface area contributed by atoms with E-state index in [1.165, 1.54) is 0 Å². The molecule has 1 unspecified atom stereocenters. The monoisotopic (exact) mass is 255 g/mol. The van der Waals surface area contributed by atoms with Gasteiger partial charge in [0.1, 0.15) is 5.82 Å². The van der Waals surface area contributed by atoms with Gasteiger partial charge in [0.15, 0.2) is 0 Å². The van der Waals surface area contributed by atoms with Crippen LogP contribution in [0.3, 0.4) is 0 Å². The highest BCUT2D eigenvalue weighted by molar-refractivity contribution is 6.30. The molecule has 1 fully saturated rings. The SMILES string of the molecule is CC(CN1CCOCC1)Nc1ccc(Cl)cn1. The minimum Gasteiger partial charge on any atom is -0.379 e. The van der Waals surface area contributed by atoms with Crippen molar-refractivity contribution in [3.05, 3.63) is 23.4 Å². The first-order valence-corrected chi connectivity index (χ1v) is 6.30. The van der Waals surface area contributed by atoms with Crippen LogP contribution < -0.4 is 5.32 Å². The van der Waals surface area contributed by atoms with Gasteiger partial charge in [-0.3, -0.25) is 4.90 Å². The van der Waals surface area contributed by atoms with Crippen LogP contribution in [0.2, 0.25) is 5.02 Å². The van der Waals surface area contributed by atoms with Crippen molar-refractivity contribution in [2.24, 2.45) is 0 Å². The lowest BCUT2D eigenvalue weighted by Gasteiger charge is -2.29. The van der Waals surface area contributed by atoms with Gasteiger partial charge >= 0.3 is 0 Å². The molecule has 1 aromatic heterocycles. The molecule has 0 spiro atoms. The zero-order valence-electron chi connectivity index (χ0n) is 10.0. The van der Waals surface area contributed by atoms with Crippen molar-refractivity contribution in [2.75, 3.05) is 38.2 Å². The van der Waals surface area contributed by atoms with E-state index in [9.17, 15) is 0 Å². The number of ether oxygens (including phenoxy) is 1. The smallest absolute Gasteiger partial charge is 0.126 e. The van der Waals surface area contributed by atoms with E-state index in [0.29, 0.717) is 11.1 Å². The van der Waals surface area contributed by atoms with Crippen LogP contribution in [-0.4, -0.2) is 48.8 Å². The molecule has 94 valence electrons. The summed E-state index contributed by atoms with van der Waals surface area (Å²) in [6, 6.07) is 4.11. The molecule has 1 aliphatic heterocycles. The van der Waals surface area contributed by atoms with Crippen molar-refractivity contribution in [3.8, 4) is 0 Å². The van der Waals surface area contributed by atoms with Crippen LogP contribution in [0.25, 0.3) is 0 Å². The van der Waals surface area contributed by atoms with Crippen LogP contribution in [0.15, 0.2) is 18.3 Å². The summed E-state index contributed by atoms with van der Waals surface area (Å²) in [5, 5.41) is 4.03. The number of hydrogen-bond acceptors (Lipinski definition) is 4. The van der Waals surface area contributed by atoms with Crippen molar-refractivity contribution in [1.29, 1.82) is 0 Å². The Kier molecular flexibility index (Phi) is 4.59. The molecule has 1 aromatic rings. The van der Waals surface area contributed by atoms with Crippen molar-refractivity contribution < 1.29 is 4.74 Å². The molecule has 2 heterocycles. The number of halogens is 1. The maximum Gasteiger partial charge on any atom is 0.126 e. The van der Waals surface area contributed by atoms with Crippen molar-refractivity contribution in [1.82, 2.24) is 9.88 Å². The number of pyridine rings is 1. The third kappa shape index (κ3) is 4.15. The van der Waals surface area contributed by atoms with Gasteiger partial charge in [0.25, 0.3) is 0 Å². The van der Waals surface area contributed by atoms with Crippen LogP contribution >= 0.6 is 11.6 Å². The van der Waals surface area contributed by atoms with E-state index < -0.39 is 0 Å². The summed E-state index contributed by atoms with van der Waals surface area (Å²) in [6.07, 6.45) is 1.66. The molecule has 1 N–H and O–H groups in total. The van der Waals surface area contributed by atoms with Crippen LogP contribution in [0, 0.1) is 0 Å². The van der Waals surface area contributed by atoms with Gasteiger partial charge in [-0.25, -0.2) is 4.98 Å². The Bertz CT molecular complexity index is 338. The topological polar surface area (TPSA) is 37.4 Å². The highest BCUT2D eigenvalue weighted by Crippen LogP contribution is 2.11. The Morgan fingerprint density at radius 1 is 1.47 bits per heavy atom. The third-order valence-corrected chi connectivity index (χ3v) is 2.98. The van der Waals surface area contributed by atoms with E-state index in [1.54, 1.807) is 6.20 Å². The highest BCUT2D eigenvalue weighted by atomic mass is 35.5. The lowest BCUT2D eigenvalue weighted by atomic mass is 10.3. The molecule has 0 aliphatic carbocycles. The fourth-order valence-corrected chi connectivity index (χ4v) is 2.04. The first-order valence-electron chi connectivity index (χ1n) is 5.92. The van der Waals surface area contributed by atoms with Gasteiger partial charge in [-0.05, 0) is 19.1 Å². The first kappa shape index (κ1) is 12.6. The maximum absolute atomic E-state index is 5.79. The summed E-state index contributed by atoms with van der Waals surface area (Å²) < 4.78 is 5.32. The predicted molar refractivity (Wildman–Crippen MR) is 69.6 cm³/mol. The summed E-state index contributed by atoms with van der Waals surface area (Å²) in [5.74, 6) is 0.871. The van der Waals surface area contributed by atoms with Gasteiger partial charge in [0.2, 0.25) is 0 Å². The summed E-state index contributed by atoms with van der Waals surface area (Å²) >= 11 is 5.79. The van der Waals surface area contributed by atoms with Gasteiger partial charge in [-0.2, -0.15) is 0 Å². The van der Waals surface area contributed by atoms with Gasteiger partial charge < -0.3 is 10.1 Å². The molecule has 2 rings (SSSR count). The first-order chi connectivity index (χ1) is 8.24. The molecule has 0 saturated carbocycles. The molecule has 1 atom stereocenters. The minimum atomic E-state index is 0.363. The van der Waals surface area contributed by atoms with Gasteiger partial charge in [-0.1, -0.05) is 11.6 Å². The molecule has 1 saturated heterocycles. The van der Waals surface area contributed by atoms with Crippen molar-refractivity contribution >= 4 is 17.4 Å². The quantitative estimate of drug-likeness (QED) is 0.891. The van der Waals surface area contributed by atoms with E-state index in [-0.39, 0.29) is 0 Å². The normalized spacial score (nSPS) is 18.9. The summed E-state index contributed by atoms with van der Waals surface area (Å²) in [6.45, 7) is 6.87. The molecule has 0 bridgehead atoms. The van der Waals surface area contributed by atoms with Crippen LogP contribution in [0.4, 0.5) is 5.82 Å². The Hall–Kier alpha value is -0.840. The molecule has 0 amide bonds. The number of hydrogen-bond donors (Lipinski definition) is 1. The number of nitrogens with one attached hydrogen (secondary N) is 1. The van der Waals surface area contributed by atoms with Crippen LogP contribution in [-0.2, 0) is 4.74 Å². The molecular formula is C12H18ClN3O. The number of anilines is 1. The second-order valence-electron chi connectivity index (χ2n) is 4.32. The molecule has 0 aromatic carbocycles. The van der Waals surface area contributed by atoms with E-state index in [2.05, 4.69) is 22.1 Å². The summed E-state index contributed by atoms with van der Waals surface area (Å²) in [4.78, 5) is 6.62. The third-order valence-electron chi connectivity index (χ3n) is 2.76. The lowest BCUT2D eigenvalue weighted by Crippen LogP contribution is -2.42. The lowest BCUT2D eigenvalue weighted by molar-refractivity contribution is 0.0368. The zero-order valence-corrected chi connectivity index (χ0v) is 10.8. The Morgan fingerprint density at radius 3 is 2.88 bits per heavy atom. The maximum atomic E-state index is 5.79. The van der Waals surface area contributed by atoms with Gasteiger partial charge in [0, 0.05) is 31.9 Å². The predicted octanol–water partition coefficient (Wildman–Crippen LogP) is 1.87. The van der Waals surface area contributed by atoms with Crippen molar-refractivity contribution in [3.63, 3.8) is 0 Å². The van der Waals surface area contributed by atoms with Gasteiger partial charge in [0.05, 0.1) is 18.2 Å². The molecule has 4 nitrogen and oxygen atoms in total. The Morgan fingerprint density at radius 2 is 2.24 bits per heavy atom. The second-order valence-corrected chi connectivity index (χ2v) is 4.76. The molecule has 0 radical (unpaired) electrons. The standard InChI is InChI=1S/C12H18ClN3O/c1-10(9-16-4-6-17-7-5-16)15-12-3-2-11(13)8-14-12/h2-3,8,10H,4-7,9H2,1H3,(H,14,15). The van der Waals surface area contributed by atoms with E-state index in [1.807, 2.05) is 12.1 Å². The van der Waals surface area contributed by atoms with Crippen LogP contribution in [0.5, 0.6) is 0 Å². The largest absolute Gasteiger partial charge is 0.379 e. The van der Waals surface area contributed by atoms with Crippen LogP contribution in [0.1, 0.15) is 6.92 Å². The van der Waals surface area contributed by atoms with Crippen molar-refractivity contribution in [2.45, 2.75) is 13.0 Å². The van der Waals surface area contributed by atoms with E-state index >= 15 is 0 Å². The fraction of sp³-hybridized carbons (Fsp3) is 0.583. The van der Waals surface area contributed by atoms with E-state index in [0.717, 1.165) is 38.7 Å². The zero-order chi connectivity index (χ0) is 12.1. The Balaban J connectivity index is 1.79. The van der Waals surface area contributed by atoms with E-state index in [4.69, 9.17) is 16.3 Å². The summed E-state index contributed by atoms with van der Waals surface area (Å²) in [7, 11) is 0. The average Bonchev–Trinajstić information content (AvgIpc) is 2.33. The molecule has 1 aliphatic rings.